The number of carbonyl (C=O) groups is 3. The normalized spacial score (nSPS) is 12.4. The number of urea groups is 1. The summed E-state index contributed by atoms with van der Waals surface area (Å²) in [6.45, 7) is 3.65. The molecule has 0 spiro atoms. The number of aliphatic hydroxyl groups excluding tert-OH is 1. The highest BCUT2D eigenvalue weighted by atomic mass is 16.5. The van der Waals surface area contributed by atoms with Crippen molar-refractivity contribution in [1.82, 2.24) is 10.2 Å². The Morgan fingerprint density at radius 1 is 0.816 bits per heavy atom. The second kappa shape index (κ2) is 13.9. The third kappa shape index (κ3) is 8.74. The molecule has 8 nitrogen and oxygen atoms in total. The van der Waals surface area contributed by atoms with Crippen molar-refractivity contribution >= 4 is 18.0 Å². The molecule has 0 saturated heterocycles. The topological polar surface area (TPSA) is 116 Å². The van der Waals surface area contributed by atoms with Gasteiger partial charge in [0.1, 0.15) is 12.6 Å². The molecule has 0 radical (unpaired) electrons. The number of benzene rings is 3. The summed E-state index contributed by atoms with van der Waals surface area (Å²) in [5.74, 6) is -2.02. The van der Waals surface area contributed by atoms with Crippen LogP contribution in [0.25, 0.3) is 11.1 Å². The molecule has 0 aliphatic rings. The van der Waals surface area contributed by atoms with Crippen molar-refractivity contribution in [1.29, 1.82) is 0 Å². The Morgan fingerprint density at radius 2 is 1.39 bits per heavy atom. The highest BCUT2D eigenvalue weighted by Gasteiger charge is 2.28. The van der Waals surface area contributed by atoms with Gasteiger partial charge in [-0.3, -0.25) is 0 Å². The molecule has 8 heteroatoms. The number of carboxylic acid groups (broad SMARTS) is 1. The number of ether oxygens (including phenoxy) is 1. The standard InChI is InChI=1S/C30H34N2O6/c1-21(2)18-32(19-27(33)29(36)38-20-23-9-5-3-6-10-23)30(37)31-26(28(34)35)17-22-13-15-25(16-14-22)24-11-7-4-8-12-24/h3-16,21,26-27,33H,17-20H2,1-2H3,(H,31,37)(H,34,35)/t26-,27+/m0/s1. The van der Waals surface area contributed by atoms with Crippen LogP contribution in [0.5, 0.6) is 0 Å². The summed E-state index contributed by atoms with van der Waals surface area (Å²) >= 11 is 0. The Kier molecular flexibility index (Phi) is 10.4. The van der Waals surface area contributed by atoms with E-state index in [1.807, 2.05) is 86.6 Å². The lowest BCUT2D eigenvalue weighted by atomic mass is 10.0. The molecular formula is C30H34N2O6. The second-order valence-corrected chi connectivity index (χ2v) is 9.52. The van der Waals surface area contributed by atoms with E-state index in [1.54, 1.807) is 12.1 Å². The molecule has 3 aromatic carbocycles. The number of aliphatic carboxylic acids is 1. The molecule has 0 aliphatic carbocycles. The van der Waals surface area contributed by atoms with Crippen molar-refractivity contribution in [3.63, 3.8) is 0 Å². The van der Waals surface area contributed by atoms with Gasteiger partial charge < -0.3 is 25.2 Å². The van der Waals surface area contributed by atoms with Crippen LogP contribution in [0.1, 0.15) is 25.0 Å². The molecule has 3 rings (SSSR count). The van der Waals surface area contributed by atoms with Crippen LogP contribution >= 0.6 is 0 Å². The van der Waals surface area contributed by atoms with Gasteiger partial charge in [0, 0.05) is 13.0 Å². The first kappa shape index (κ1) is 28.4. The van der Waals surface area contributed by atoms with Gasteiger partial charge in [0.2, 0.25) is 0 Å². The summed E-state index contributed by atoms with van der Waals surface area (Å²) in [7, 11) is 0. The zero-order valence-electron chi connectivity index (χ0n) is 21.6. The van der Waals surface area contributed by atoms with Gasteiger partial charge in [0.25, 0.3) is 0 Å². The molecule has 200 valence electrons. The molecule has 3 aromatic rings. The molecule has 0 aliphatic heterocycles. The number of carbonyl (C=O) groups excluding carboxylic acids is 2. The first-order chi connectivity index (χ1) is 18.2. The second-order valence-electron chi connectivity index (χ2n) is 9.52. The maximum Gasteiger partial charge on any atom is 0.337 e. The van der Waals surface area contributed by atoms with E-state index in [4.69, 9.17) is 4.74 Å². The zero-order valence-corrected chi connectivity index (χ0v) is 21.6. The Hall–Kier alpha value is -4.17. The summed E-state index contributed by atoms with van der Waals surface area (Å²) in [5.41, 5.74) is 3.57. The first-order valence-electron chi connectivity index (χ1n) is 12.5. The Labute approximate surface area is 222 Å². The van der Waals surface area contributed by atoms with Crippen molar-refractivity contribution in [2.24, 2.45) is 5.92 Å². The Balaban J connectivity index is 1.61. The van der Waals surface area contributed by atoms with Crippen molar-refractivity contribution in [3.05, 3.63) is 96.1 Å². The third-order valence-corrected chi connectivity index (χ3v) is 5.86. The number of nitrogens with zero attached hydrogens (tertiary/aromatic N) is 1. The van der Waals surface area contributed by atoms with Gasteiger partial charge in [-0.25, -0.2) is 14.4 Å². The molecule has 3 N–H and O–H groups in total. The van der Waals surface area contributed by atoms with E-state index >= 15 is 0 Å². The number of amides is 2. The van der Waals surface area contributed by atoms with Gasteiger partial charge >= 0.3 is 18.0 Å². The van der Waals surface area contributed by atoms with Gasteiger partial charge in [-0.15, -0.1) is 0 Å². The molecular weight excluding hydrogens is 484 g/mol. The van der Waals surface area contributed by atoms with E-state index in [2.05, 4.69) is 5.32 Å². The van der Waals surface area contributed by atoms with Gasteiger partial charge in [-0.05, 0) is 28.2 Å². The number of rotatable bonds is 12. The van der Waals surface area contributed by atoms with Crippen LogP contribution in [0.4, 0.5) is 4.79 Å². The number of hydrogen-bond donors (Lipinski definition) is 3. The van der Waals surface area contributed by atoms with Crippen molar-refractivity contribution in [3.8, 4) is 11.1 Å². The fourth-order valence-electron chi connectivity index (χ4n) is 3.93. The lowest BCUT2D eigenvalue weighted by Gasteiger charge is -2.28. The molecule has 2 atom stereocenters. The zero-order chi connectivity index (χ0) is 27.5. The Morgan fingerprint density at radius 3 is 1.97 bits per heavy atom. The van der Waals surface area contributed by atoms with Crippen LogP contribution in [0.2, 0.25) is 0 Å². The van der Waals surface area contributed by atoms with E-state index < -0.39 is 30.1 Å². The van der Waals surface area contributed by atoms with Crippen LogP contribution < -0.4 is 5.32 Å². The molecule has 0 bridgehead atoms. The maximum atomic E-state index is 13.0. The van der Waals surface area contributed by atoms with Crippen LogP contribution in [-0.4, -0.2) is 58.3 Å². The monoisotopic (exact) mass is 518 g/mol. The smallest absolute Gasteiger partial charge is 0.337 e. The van der Waals surface area contributed by atoms with Crippen molar-refractivity contribution in [2.75, 3.05) is 13.1 Å². The minimum Gasteiger partial charge on any atom is -0.480 e. The predicted octanol–water partition coefficient (Wildman–Crippen LogP) is 4.12. The highest BCUT2D eigenvalue weighted by Crippen LogP contribution is 2.20. The fourth-order valence-corrected chi connectivity index (χ4v) is 3.93. The summed E-state index contributed by atoms with van der Waals surface area (Å²) in [5, 5.41) is 22.7. The number of nitrogens with one attached hydrogen (secondary N) is 1. The lowest BCUT2D eigenvalue weighted by Crippen LogP contribution is -2.52. The molecule has 0 aromatic heterocycles. The summed E-state index contributed by atoms with van der Waals surface area (Å²) in [6, 6.07) is 24.5. The largest absolute Gasteiger partial charge is 0.480 e. The number of carboxylic acids is 1. The average molecular weight is 519 g/mol. The summed E-state index contributed by atoms with van der Waals surface area (Å²) in [4.78, 5) is 38.6. The fraction of sp³-hybridized carbons (Fsp3) is 0.300. The lowest BCUT2D eigenvalue weighted by molar-refractivity contribution is -0.155. The van der Waals surface area contributed by atoms with Gasteiger partial charge in [0.15, 0.2) is 6.10 Å². The van der Waals surface area contributed by atoms with E-state index in [0.717, 1.165) is 22.3 Å². The minimum absolute atomic E-state index is 0.00272. The number of aliphatic hydroxyl groups is 1. The van der Waals surface area contributed by atoms with Crippen LogP contribution in [-0.2, 0) is 27.4 Å². The summed E-state index contributed by atoms with van der Waals surface area (Å²) < 4.78 is 5.17. The molecule has 0 saturated carbocycles. The Bertz CT molecular complexity index is 1180. The molecule has 0 heterocycles. The van der Waals surface area contributed by atoms with Crippen LogP contribution in [0.15, 0.2) is 84.9 Å². The number of hydrogen-bond acceptors (Lipinski definition) is 5. The van der Waals surface area contributed by atoms with E-state index in [1.165, 1.54) is 4.90 Å². The minimum atomic E-state index is -1.57. The van der Waals surface area contributed by atoms with E-state index in [-0.39, 0.29) is 32.0 Å². The molecule has 0 fully saturated rings. The quantitative estimate of drug-likeness (QED) is 0.311. The van der Waals surface area contributed by atoms with Crippen LogP contribution in [0, 0.1) is 5.92 Å². The van der Waals surface area contributed by atoms with Crippen molar-refractivity contribution < 1.29 is 29.3 Å². The number of esters is 1. The maximum absolute atomic E-state index is 13.0. The van der Waals surface area contributed by atoms with E-state index in [0.29, 0.717) is 0 Å². The van der Waals surface area contributed by atoms with Gasteiger partial charge in [-0.1, -0.05) is 98.8 Å². The SMILES string of the molecule is CC(C)CN(C[C@@H](O)C(=O)OCc1ccccc1)C(=O)N[C@@H](Cc1ccc(-c2ccccc2)cc1)C(=O)O. The molecule has 2 amide bonds. The van der Waals surface area contributed by atoms with Gasteiger partial charge in [0.05, 0.1) is 6.54 Å². The van der Waals surface area contributed by atoms with Crippen LogP contribution in [0.3, 0.4) is 0 Å². The molecule has 38 heavy (non-hydrogen) atoms. The molecule has 0 unspecified atom stereocenters. The predicted molar refractivity (Wildman–Crippen MR) is 144 cm³/mol. The van der Waals surface area contributed by atoms with Crippen molar-refractivity contribution in [2.45, 2.75) is 39.0 Å². The third-order valence-electron chi connectivity index (χ3n) is 5.86. The summed E-state index contributed by atoms with van der Waals surface area (Å²) in [6.07, 6.45) is -1.50. The van der Waals surface area contributed by atoms with Gasteiger partial charge in [-0.2, -0.15) is 0 Å². The first-order valence-corrected chi connectivity index (χ1v) is 12.5. The van der Waals surface area contributed by atoms with E-state index in [9.17, 15) is 24.6 Å². The average Bonchev–Trinajstić information content (AvgIpc) is 2.92. The highest BCUT2D eigenvalue weighted by molar-refractivity contribution is 5.83.